The van der Waals surface area contributed by atoms with Crippen molar-refractivity contribution in [1.29, 1.82) is 0 Å². The standard InChI is InChI=1S/C21H26ClNO2S/c1-15(2)19-9-4-16(3)12-20(19)25-13-21(24)23-10-11-26-14-17-5-7-18(22)8-6-17/h4-9,12,15H,10-11,13-14H2,1-3H3,(H,23,24). The first-order chi connectivity index (χ1) is 12.5. The zero-order valence-electron chi connectivity index (χ0n) is 15.5. The van der Waals surface area contributed by atoms with E-state index in [1.807, 2.05) is 37.3 Å². The minimum absolute atomic E-state index is 0.0467. The lowest BCUT2D eigenvalue weighted by Crippen LogP contribution is -2.30. The van der Waals surface area contributed by atoms with Gasteiger partial charge in [0.05, 0.1) is 0 Å². The molecule has 0 radical (unpaired) electrons. The van der Waals surface area contributed by atoms with E-state index in [1.54, 1.807) is 11.8 Å². The van der Waals surface area contributed by atoms with Gasteiger partial charge in [-0.1, -0.05) is 49.7 Å². The van der Waals surface area contributed by atoms with Gasteiger partial charge in [0.15, 0.2) is 6.61 Å². The van der Waals surface area contributed by atoms with Crippen molar-refractivity contribution < 1.29 is 9.53 Å². The Balaban J connectivity index is 1.68. The molecule has 0 saturated heterocycles. The molecule has 0 aromatic heterocycles. The van der Waals surface area contributed by atoms with Crippen molar-refractivity contribution in [2.45, 2.75) is 32.4 Å². The van der Waals surface area contributed by atoms with Crippen LogP contribution in [0.1, 0.15) is 36.5 Å². The van der Waals surface area contributed by atoms with Gasteiger partial charge in [0, 0.05) is 23.1 Å². The Morgan fingerprint density at radius 3 is 2.62 bits per heavy atom. The van der Waals surface area contributed by atoms with E-state index >= 15 is 0 Å². The molecule has 3 nitrogen and oxygen atoms in total. The summed E-state index contributed by atoms with van der Waals surface area (Å²) in [5.41, 5.74) is 3.49. The topological polar surface area (TPSA) is 38.3 Å². The van der Waals surface area contributed by atoms with Crippen LogP contribution in [0.25, 0.3) is 0 Å². The number of benzene rings is 2. The summed E-state index contributed by atoms with van der Waals surface area (Å²) < 4.78 is 5.75. The summed E-state index contributed by atoms with van der Waals surface area (Å²) in [7, 11) is 0. The molecule has 140 valence electrons. The van der Waals surface area contributed by atoms with Crippen LogP contribution in [0.4, 0.5) is 0 Å². The second-order valence-corrected chi connectivity index (χ2v) is 8.06. The average Bonchev–Trinajstić information content (AvgIpc) is 2.61. The van der Waals surface area contributed by atoms with Gasteiger partial charge in [-0.25, -0.2) is 0 Å². The second kappa shape index (κ2) is 10.5. The number of amides is 1. The molecule has 0 unspecified atom stereocenters. The Morgan fingerprint density at radius 1 is 1.19 bits per heavy atom. The first-order valence-electron chi connectivity index (χ1n) is 8.78. The quantitative estimate of drug-likeness (QED) is 0.597. The zero-order chi connectivity index (χ0) is 18.9. The third-order valence-corrected chi connectivity index (χ3v) is 5.18. The molecule has 0 heterocycles. The normalized spacial score (nSPS) is 10.8. The van der Waals surface area contributed by atoms with E-state index in [-0.39, 0.29) is 12.5 Å². The lowest BCUT2D eigenvalue weighted by atomic mass is 10.0. The van der Waals surface area contributed by atoms with E-state index < -0.39 is 0 Å². The van der Waals surface area contributed by atoms with Crippen LogP contribution in [0, 0.1) is 6.92 Å². The van der Waals surface area contributed by atoms with Crippen molar-refractivity contribution in [3.63, 3.8) is 0 Å². The van der Waals surface area contributed by atoms with Crippen molar-refractivity contribution in [3.8, 4) is 5.75 Å². The minimum atomic E-state index is -0.0895. The fraction of sp³-hybridized carbons (Fsp3) is 0.381. The Hall–Kier alpha value is -1.65. The number of aryl methyl sites for hydroxylation is 1. The van der Waals surface area contributed by atoms with Crippen LogP contribution < -0.4 is 10.1 Å². The van der Waals surface area contributed by atoms with Crippen LogP contribution in [-0.4, -0.2) is 24.8 Å². The first-order valence-corrected chi connectivity index (χ1v) is 10.3. The number of carbonyl (C=O) groups is 1. The maximum absolute atomic E-state index is 12.0. The fourth-order valence-corrected chi connectivity index (χ4v) is 3.42. The van der Waals surface area contributed by atoms with Gasteiger partial charge in [-0.2, -0.15) is 11.8 Å². The summed E-state index contributed by atoms with van der Waals surface area (Å²) in [6.07, 6.45) is 0. The average molecular weight is 392 g/mol. The van der Waals surface area contributed by atoms with Gasteiger partial charge in [0.1, 0.15) is 5.75 Å². The number of halogens is 1. The van der Waals surface area contributed by atoms with Crippen LogP contribution in [-0.2, 0) is 10.5 Å². The van der Waals surface area contributed by atoms with Crippen LogP contribution in [0.3, 0.4) is 0 Å². The molecular formula is C21H26ClNO2S. The lowest BCUT2D eigenvalue weighted by Gasteiger charge is -2.14. The predicted molar refractivity (Wildman–Crippen MR) is 111 cm³/mol. The molecule has 2 aromatic carbocycles. The summed E-state index contributed by atoms with van der Waals surface area (Å²) in [4.78, 5) is 12.0. The highest BCUT2D eigenvalue weighted by Gasteiger charge is 2.10. The van der Waals surface area contributed by atoms with Gasteiger partial charge in [-0.05, 0) is 47.7 Å². The van der Waals surface area contributed by atoms with E-state index in [0.717, 1.165) is 33.4 Å². The molecule has 0 aliphatic heterocycles. The smallest absolute Gasteiger partial charge is 0.257 e. The molecule has 5 heteroatoms. The molecule has 0 fully saturated rings. The Kier molecular flexibility index (Phi) is 8.33. The largest absolute Gasteiger partial charge is 0.483 e. The van der Waals surface area contributed by atoms with E-state index in [2.05, 4.69) is 31.3 Å². The molecule has 0 atom stereocenters. The Morgan fingerprint density at radius 2 is 1.92 bits per heavy atom. The maximum atomic E-state index is 12.0. The van der Waals surface area contributed by atoms with Crippen molar-refractivity contribution in [3.05, 3.63) is 64.2 Å². The van der Waals surface area contributed by atoms with Gasteiger partial charge in [0.2, 0.25) is 0 Å². The minimum Gasteiger partial charge on any atom is -0.483 e. The van der Waals surface area contributed by atoms with Gasteiger partial charge < -0.3 is 10.1 Å². The monoisotopic (exact) mass is 391 g/mol. The van der Waals surface area contributed by atoms with Crippen molar-refractivity contribution >= 4 is 29.3 Å². The molecule has 2 rings (SSSR count). The number of rotatable bonds is 9. The molecule has 2 aromatic rings. The van der Waals surface area contributed by atoms with Crippen molar-refractivity contribution in [1.82, 2.24) is 5.32 Å². The molecule has 0 spiro atoms. The van der Waals surface area contributed by atoms with E-state index in [0.29, 0.717) is 12.5 Å². The third-order valence-electron chi connectivity index (χ3n) is 3.90. The van der Waals surface area contributed by atoms with Gasteiger partial charge in [-0.3, -0.25) is 4.79 Å². The van der Waals surface area contributed by atoms with E-state index in [9.17, 15) is 4.79 Å². The van der Waals surface area contributed by atoms with E-state index in [4.69, 9.17) is 16.3 Å². The molecule has 1 N–H and O–H groups in total. The van der Waals surface area contributed by atoms with Crippen LogP contribution in [0.5, 0.6) is 5.75 Å². The number of hydrogen-bond donors (Lipinski definition) is 1. The highest BCUT2D eigenvalue weighted by atomic mass is 35.5. The third kappa shape index (κ3) is 6.93. The van der Waals surface area contributed by atoms with Crippen LogP contribution in [0.2, 0.25) is 5.02 Å². The summed E-state index contributed by atoms with van der Waals surface area (Å²) in [5.74, 6) is 2.83. The number of hydrogen-bond acceptors (Lipinski definition) is 3. The maximum Gasteiger partial charge on any atom is 0.257 e. The predicted octanol–water partition coefficient (Wildman–Crippen LogP) is 5.20. The fourth-order valence-electron chi connectivity index (χ4n) is 2.47. The van der Waals surface area contributed by atoms with Gasteiger partial charge in [0.25, 0.3) is 5.91 Å². The molecule has 0 aliphatic carbocycles. The highest BCUT2D eigenvalue weighted by Crippen LogP contribution is 2.27. The lowest BCUT2D eigenvalue weighted by molar-refractivity contribution is -0.122. The molecule has 26 heavy (non-hydrogen) atoms. The SMILES string of the molecule is Cc1ccc(C(C)C)c(OCC(=O)NCCSCc2ccc(Cl)cc2)c1. The zero-order valence-corrected chi connectivity index (χ0v) is 17.1. The Labute approximate surface area is 165 Å². The van der Waals surface area contributed by atoms with E-state index in [1.165, 1.54) is 5.56 Å². The number of carbonyl (C=O) groups excluding carboxylic acids is 1. The summed E-state index contributed by atoms with van der Waals surface area (Å²) in [6.45, 7) is 6.94. The molecule has 1 amide bonds. The number of nitrogens with one attached hydrogen (secondary N) is 1. The number of ether oxygens (including phenoxy) is 1. The van der Waals surface area contributed by atoms with Gasteiger partial charge >= 0.3 is 0 Å². The molecular weight excluding hydrogens is 366 g/mol. The van der Waals surface area contributed by atoms with Crippen LogP contribution >= 0.6 is 23.4 Å². The molecule has 0 bridgehead atoms. The van der Waals surface area contributed by atoms with Crippen LogP contribution in [0.15, 0.2) is 42.5 Å². The summed E-state index contributed by atoms with van der Waals surface area (Å²) in [6, 6.07) is 14.0. The number of thioether (sulfide) groups is 1. The first kappa shape index (κ1) is 20.7. The van der Waals surface area contributed by atoms with Crippen molar-refractivity contribution in [2.75, 3.05) is 18.9 Å². The summed E-state index contributed by atoms with van der Waals surface area (Å²) in [5, 5.41) is 3.66. The molecule has 0 aliphatic rings. The Bertz CT molecular complexity index is 716. The summed E-state index contributed by atoms with van der Waals surface area (Å²) >= 11 is 7.65. The van der Waals surface area contributed by atoms with Gasteiger partial charge in [-0.15, -0.1) is 0 Å². The van der Waals surface area contributed by atoms with Crippen molar-refractivity contribution in [2.24, 2.45) is 0 Å². The second-order valence-electron chi connectivity index (χ2n) is 6.51. The molecule has 0 saturated carbocycles. The highest BCUT2D eigenvalue weighted by molar-refractivity contribution is 7.98.